The Morgan fingerprint density at radius 2 is 2.07 bits per heavy atom. The Bertz CT molecular complexity index is 1300. The van der Waals surface area contributed by atoms with Crippen molar-refractivity contribution in [2.24, 2.45) is 0 Å². The largest absolute Gasteiger partial charge is 0.240 e. The van der Waals surface area contributed by atoms with Crippen molar-refractivity contribution in [3.05, 3.63) is 69.9 Å². The van der Waals surface area contributed by atoms with Crippen LogP contribution in [-0.2, 0) is 16.4 Å². The summed E-state index contributed by atoms with van der Waals surface area (Å²) in [6, 6.07) is 10.8. The third-order valence-corrected chi connectivity index (χ3v) is 7.05. The Hall–Kier alpha value is -2.33. The zero-order valence-electron chi connectivity index (χ0n) is 15.3. The number of benzene rings is 2. The molecule has 0 aliphatic carbocycles. The number of aromatic nitrogens is 3. The highest BCUT2D eigenvalue weighted by Gasteiger charge is 2.18. The van der Waals surface area contributed by atoms with Crippen LogP contribution >= 0.6 is 22.9 Å². The minimum Gasteiger partial charge on any atom is -0.211 e. The fourth-order valence-corrected chi connectivity index (χ4v) is 5.29. The summed E-state index contributed by atoms with van der Waals surface area (Å²) in [5, 5.41) is 6.68. The summed E-state index contributed by atoms with van der Waals surface area (Å²) in [4.78, 5) is 5.24. The minimum absolute atomic E-state index is 0.162. The second kappa shape index (κ2) is 7.83. The molecule has 2 aromatic heterocycles. The van der Waals surface area contributed by atoms with E-state index in [0.29, 0.717) is 33.4 Å². The lowest BCUT2D eigenvalue weighted by molar-refractivity contribution is 0.580. The van der Waals surface area contributed by atoms with E-state index in [-0.39, 0.29) is 17.3 Å². The topological polar surface area (TPSA) is 76.4 Å². The standard InChI is InChI=1S/C19H16ClFN4O2S2/c1-12-5-6-14(20)10-17(12)29(26,27)22-8-7-16-11-28-19-23-18(24-25(16)19)13-3-2-4-15(21)9-13/h2-6,9-11,22H,7-8H2,1H3. The normalized spacial score (nSPS) is 12.0. The van der Waals surface area contributed by atoms with Crippen molar-refractivity contribution in [2.75, 3.05) is 6.54 Å². The molecule has 2 heterocycles. The monoisotopic (exact) mass is 450 g/mol. The highest BCUT2D eigenvalue weighted by molar-refractivity contribution is 7.89. The van der Waals surface area contributed by atoms with Crippen LogP contribution in [0.4, 0.5) is 4.39 Å². The van der Waals surface area contributed by atoms with Crippen LogP contribution in [0.25, 0.3) is 16.3 Å². The van der Waals surface area contributed by atoms with Gasteiger partial charge in [-0.15, -0.1) is 16.4 Å². The van der Waals surface area contributed by atoms with E-state index in [9.17, 15) is 12.8 Å². The molecule has 150 valence electrons. The first-order chi connectivity index (χ1) is 13.8. The zero-order valence-corrected chi connectivity index (χ0v) is 17.7. The molecule has 10 heteroatoms. The van der Waals surface area contributed by atoms with Crippen LogP contribution in [0.1, 0.15) is 11.3 Å². The summed E-state index contributed by atoms with van der Waals surface area (Å²) in [5.74, 6) is 0.0688. The van der Waals surface area contributed by atoms with Crippen molar-refractivity contribution >= 4 is 37.9 Å². The van der Waals surface area contributed by atoms with Crippen molar-refractivity contribution in [1.82, 2.24) is 19.3 Å². The van der Waals surface area contributed by atoms with E-state index in [1.807, 2.05) is 5.38 Å². The number of fused-ring (bicyclic) bond motifs is 1. The fourth-order valence-electron chi connectivity index (χ4n) is 2.90. The molecule has 0 unspecified atom stereocenters. The molecule has 0 aliphatic rings. The fraction of sp³-hybridized carbons (Fsp3) is 0.158. The van der Waals surface area contributed by atoms with Gasteiger partial charge in [0.2, 0.25) is 15.0 Å². The van der Waals surface area contributed by atoms with Crippen LogP contribution in [0.3, 0.4) is 0 Å². The van der Waals surface area contributed by atoms with Gasteiger partial charge in [-0.1, -0.05) is 29.8 Å². The van der Waals surface area contributed by atoms with Gasteiger partial charge in [0.25, 0.3) is 0 Å². The van der Waals surface area contributed by atoms with E-state index in [0.717, 1.165) is 5.69 Å². The SMILES string of the molecule is Cc1ccc(Cl)cc1S(=O)(=O)NCCc1csc2nc(-c3cccc(F)c3)nn12. The molecule has 0 saturated heterocycles. The highest BCUT2D eigenvalue weighted by atomic mass is 35.5. The summed E-state index contributed by atoms with van der Waals surface area (Å²) in [6.07, 6.45) is 0.421. The average Bonchev–Trinajstić information content (AvgIpc) is 3.25. The summed E-state index contributed by atoms with van der Waals surface area (Å²) < 4.78 is 42.9. The Balaban J connectivity index is 1.51. The molecular weight excluding hydrogens is 435 g/mol. The first-order valence-corrected chi connectivity index (χ1v) is 11.4. The molecular formula is C19H16ClFN4O2S2. The van der Waals surface area contributed by atoms with Gasteiger partial charge in [-0.25, -0.2) is 22.0 Å². The van der Waals surface area contributed by atoms with Crippen LogP contribution in [0.5, 0.6) is 0 Å². The predicted octanol–water partition coefficient (Wildman–Crippen LogP) is 4.08. The molecule has 1 N–H and O–H groups in total. The Kier molecular flexibility index (Phi) is 5.39. The van der Waals surface area contributed by atoms with E-state index >= 15 is 0 Å². The number of nitrogens with zero attached hydrogens (tertiary/aromatic N) is 3. The summed E-state index contributed by atoms with van der Waals surface area (Å²) in [5.41, 5.74) is 2.02. The molecule has 4 aromatic rings. The van der Waals surface area contributed by atoms with Gasteiger partial charge in [0.1, 0.15) is 5.82 Å². The molecule has 0 spiro atoms. The summed E-state index contributed by atoms with van der Waals surface area (Å²) in [7, 11) is -3.68. The molecule has 6 nitrogen and oxygen atoms in total. The first kappa shape index (κ1) is 20.0. The maximum atomic E-state index is 13.5. The molecule has 0 bridgehead atoms. The third kappa shape index (κ3) is 4.18. The van der Waals surface area contributed by atoms with E-state index in [1.54, 1.807) is 35.7 Å². The van der Waals surface area contributed by atoms with Crippen molar-refractivity contribution in [1.29, 1.82) is 0 Å². The maximum Gasteiger partial charge on any atom is 0.240 e. The van der Waals surface area contributed by atoms with Crippen LogP contribution in [-0.4, -0.2) is 29.6 Å². The van der Waals surface area contributed by atoms with Gasteiger partial charge in [-0.3, -0.25) is 0 Å². The number of nitrogens with one attached hydrogen (secondary N) is 1. The van der Waals surface area contributed by atoms with Gasteiger partial charge in [0, 0.05) is 28.9 Å². The third-order valence-electron chi connectivity index (χ3n) is 4.35. The van der Waals surface area contributed by atoms with E-state index in [4.69, 9.17) is 11.6 Å². The molecule has 0 radical (unpaired) electrons. The number of hydrogen-bond acceptors (Lipinski definition) is 5. The zero-order chi connectivity index (χ0) is 20.6. The van der Waals surface area contributed by atoms with Crippen molar-refractivity contribution < 1.29 is 12.8 Å². The molecule has 0 atom stereocenters. The smallest absolute Gasteiger partial charge is 0.211 e. The Morgan fingerprint density at radius 3 is 2.86 bits per heavy atom. The Morgan fingerprint density at radius 1 is 1.24 bits per heavy atom. The van der Waals surface area contributed by atoms with Crippen LogP contribution < -0.4 is 4.72 Å². The lowest BCUT2D eigenvalue weighted by Gasteiger charge is -2.09. The van der Waals surface area contributed by atoms with Gasteiger partial charge in [0.15, 0.2) is 5.82 Å². The van der Waals surface area contributed by atoms with E-state index in [2.05, 4.69) is 14.8 Å². The second-order valence-electron chi connectivity index (χ2n) is 6.42. The average molecular weight is 451 g/mol. The molecule has 2 aromatic carbocycles. The van der Waals surface area contributed by atoms with Crippen molar-refractivity contribution in [2.45, 2.75) is 18.2 Å². The van der Waals surface area contributed by atoms with Gasteiger partial charge in [0.05, 0.1) is 10.6 Å². The van der Waals surface area contributed by atoms with Gasteiger partial charge < -0.3 is 0 Å². The molecule has 0 saturated carbocycles. The molecule has 29 heavy (non-hydrogen) atoms. The van der Waals surface area contributed by atoms with Gasteiger partial charge in [-0.05, 0) is 36.8 Å². The lowest BCUT2D eigenvalue weighted by atomic mass is 10.2. The number of aryl methyl sites for hydroxylation is 1. The number of thiazole rings is 1. The summed E-state index contributed by atoms with van der Waals surface area (Å²) in [6.45, 7) is 1.91. The Labute approximate surface area is 176 Å². The van der Waals surface area contributed by atoms with Gasteiger partial charge in [-0.2, -0.15) is 4.98 Å². The highest BCUT2D eigenvalue weighted by Crippen LogP contribution is 2.22. The maximum absolute atomic E-state index is 13.5. The van der Waals surface area contributed by atoms with Gasteiger partial charge >= 0.3 is 0 Å². The van der Waals surface area contributed by atoms with E-state index < -0.39 is 10.0 Å². The van der Waals surface area contributed by atoms with Crippen LogP contribution in [0.15, 0.2) is 52.7 Å². The van der Waals surface area contributed by atoms with E-state index in [1.165, 1.54) is 29.5 Å². The first-order valence-electron chi connectivity index (χ1n) is 8.68. The van der Waals surface area contributed by atoms with Crippen molar-refractivity contribution in [3.63, 3.8) is 0 Å². The molecule has 0 fully saturated rings. The number of rotatable bonds is 6. The molecule has 0 aliphatic heterocycles. The molecule has 4 rings (SSSR count). The number of halogens is 2. The minimum atomic E-state index is -3.68. The quantitative estimate of drug-likeness (QED) is 0.480. The second-order valence-corrected chi connectivity index (χ2v) is 9.43. The predicted molar refractivity (Wildman–Crippen MR) is 111 cm³/mol. The number of sulfonamides is 1. The van der Waals surface area contributed by atoms with Crippen LogP contribution in [0.2, 0.25) is 5.02 Å². The van der Waals surface area contributed by atoms with Crippen LogP contribution in [0, 0.1) is 12.7 Å². The molecule has 0 amide bonds. The number of hydrogen-bond donors (Lipinski definition) is 1. The summed E-state index contributed by atoms with van der Waals surface area (Å²) >= 11 is 7.33. The van der Waals surface area contributed by atoms with Crippen molar-refractivity contribution in [3.8, 4) is 11.4 Å². The lowest BCUT2D eigenvalue weighted by Crippen LogP contribution is -2.27.